The largest absolute Gasteiger partial charge is 0.492 e. The Morgan fingerprint density at radius 1 is 1.22 bits per heavy atom. The third-order valence-electron chi connectivity index (χ3n) is 2.49. The highest BCUT2D eigenvalue weighted by Crippen LogP contribution is 2.15. The van der Waals surface area contributed by atoms with E-state index in [4.69, 9.17) is 9.84 Å². The predicted molar refractivity (Wildman–Crippen MR) is 71.2 cm³/mol. The van der Waals surface area contributed by atoms with E-state index in [0.717, 1.165) is 12.3 Å². The third kappa shape index (κ3) is 6.25. The van der Waals surface area contributed by atoms with Crippen LogP contribution in [0.15, 0.2) is 18.2 Å². The fraction of sp³-hybridized carbons (Fsp3) is 0.500. The van der Waals surface area contributed by atoms with E-state index < -0.39 is 5.97 Å². The number of ether oxygens (including phenoxy) is 1. The first kappa shape index (κ1) is 14.5. The van der Waals surface area contributed by atoms with E-state index in [9.17, 15) is 4.79 Å². The number of aliphatic carboxylic acids is 1. The molecular formula is C14H21NO3. The Balaban J connectivity index is 2.12. The smallest absolute Gasteiger partial charge is 0.303 e. The Morgan fingerprint density at radius 2 is 1.89 bits per heavy atom. The van der Waals surface area contributed by atoms with Crippen LogP contribution in [0.2, 0.25) is 0 Å². The first-order chi connectivity index (χ1) is 8.58. The second-order valence-corrected chi connectivity index (χ2v) is 4.42. The average Bonchev–Trinajstić information content (AvgIpc) is 2.26. The molecule has 0 atom stereocenters. The van der Waals surface area contributed by atoms with Crippen LogP contribution < -0.4 is 10.1 Å². The van der Waals surface area contributed by atoms with E-state index in [1.165, 1.54) is 11.1 Å². The highest BCUT2D eigenvalue weighted by atomic mass is 16.5. The van der Waals surface area contributed by atoms with Gasteiger partial charge in [-0.15, -0.1) is 0 Å². The number of aryl methyl sites for hydroxylation is 2. The molecule has 0 amide bonds. The molecule has 0 saturated carbocycles. The quantitative estimate of drug-likeness (QED) is 0.695. The van der Waals surface area contributed by atoms with E-state index in [1.807, 2.05) is 26.0 Å². The Kier molecular flexibility index (Phi) is 6.22. The second-order valence-electron chi connectivity index (χ2n) is 4.42. The first-order valence-electron chi connectivity index (χ1n) is 6.21. The predicted octanol–water partition coefficient (Wildman–Crippen LogP) is 2.14. The van der Waals surface area contributed by atoms with Gasteiger partial charge in [0.05, 0.1) is 0 Å². The van der Waals surface area contributed by atoms with E-state index in [1.54, 1.807) is 0 Å². The van der Waals surface area contributed by atoms with Gasteiger partial charge in [-0.25, -0.2) is 0 Å². The minimum atomic E-state index is -0.747. The summed E-state index contributed by atoms with van der Waals surface area (Å²) in [7, 11) is 0. The maximum absolute atomic E-state index is 10.3. The molecule has 0 saturated heterocycles. The highest BCUT2D eigenvalue weighted by molar-refractivity contribution is 5.66. The molecule has 0 aliphatic carbocycles. The fourth-order valence-electron chi connectivity index (χ4n) is 1.75. The van der Waals surface area contributed by atoms with Crippen molar-refractivity contribution in [1.29, 1.82) is 0 Å². The molecule has 0 radical (unpaired) electrons. The molecule has 0 unspecified atom stereocenters. The number of carbonyl (C=O) groups is 1. The first-order valence-corrected chi connectivity index (χ1v) is 6.21. The molecule has 0 heterocycles. The number of hydrogen-bond acceptors (Lipinski definition) is 3. The van der Waals surface area contributed by atoms with Crippen molar-refractivity contribution >= 4 is 5.97 Å². The van der Waals surface area contributed by atoms with Crippen molar-refractivity contribution in [3.05, 3.63) is 29.3 Å². The van der Waals surface area contributed by atoms with Gasteiger partial charge in [-0.3, -0.25) is 4.79 Å². The number of benzene rings is 1. The van der Waals surface area contributed by atoms with Crippen LogP contribution in [0.4, 0.5) is 0 Å². The van der Waals surface area contributed by atoms with Crippen LogP contribution in [-0.2, 0) is 4.79 Å². The topological polar surface area (TPSA) is 58.6 Å². The summed E-state index contributed by atoms with van der Waals surface area (Å²) in [5.41, 5.74) is 2.39. The molecule has 0 aliphatic rings. The number of carboxylic acids is 1. The summed E-state index contributed by atoms with van der Waals surface area (Å²) in [6, 6.07) is 6.13. The van der Waals surface area contributed by atoms with Crippen LogP contribution in [0.5, 0.6) is 5.75 Å². The molecule has 100 valence electrons. The average molecular weight is 251 g/mol. The van der Waals surface area contributed by atoms with Crippen LogP contribution in [0.1, 0.15) is 24.0 Å². The third-order valence-corrected chi connectivity index (χ3v) is 2.49. The van der Waals surface area contributed by atoms with Gasteiger partial charge in [-0.1, -0.05) is 6.07 Å². The number of nitrogens with one attached hydrogen (secondary N) is 1. The molecule has 4 nitrogen and oxygen atoms in total. The highest BCUT2D eigenvalue weighted by Gasteiger charge is 1.98. The molecule has 2 N–H and O–H groups in total. The second kappa shape index (κ2) is 7.71. The van der Waals surface area contributed by atoms with E-state index in [2.05, 4.69) is 11.4 Å². The van der Waals surface area contributed by atoms with Crippen molar-refractivity contribution in [2.75, 3.05) is 19.7 Å². The van der Waals surface area contributed by atoms with Crippen molar-refractivity contribution in [3.8, 4) is 5.75 Å². The summed E-state index contributed by atoms with van der Waals surface area (Å²) in [5, 5.41) is 11.6. The van der Waals surface area contributed by atoms with E-state index >= 15 is 0 Å². The summed E-state index contributed by atoms with van der Waals surface area (Å²) in [5.74, 6) is 0.142. The molecule has 0 spiro atoms. The van der Waals surface area contributed by atoms with Crippen molar-refractivity contribution < 1.29 is 14.6 Å². The van der Waals surface area contributed by atoms with E-state index in [0.29, 0.717) is 19.6 Å². The van der Waals surface area contributed by atoms with Gasteiger partial charge >= 0.3 is 5.97 Å². The van der Waals surface area contributed by atoms with Crippen LogP contribution in [0, 0.1) is 13.8 Å². The Labute approximate surface area is 108 Å². The minimum Gasteiger partial charge on any atom is -0.492 e. The van der Waals surface area contributed by atoms with Gasteiger partial charge < -0.3 is 15.2 Å². The minimum absolute atomic E-state index is 0.213. The van der Waals surface area contributed by atoms with E-state index in [-0.39, 0.29) is 6.42 Å². The Morgan fingerprint density at radius 3 is 2.50 bits per heavy atom. The van der Waals surface area contributed by atoms with Crippen LogP contribution in [-0.4, -0.2) is 30.8 Å². The SMILES string of the molecule is Cc1cc(C)cc(OCCNCCCC(=O)O)c1. The Bertz CT molecular complexity index is 370. The molecule has 0 bridgehead atoms. The molecule has 0 aromatic heterocycles. The molecule has 4 heteroatoms. The number of hydrogen-bond donors (Lipinski definition) is 2. The maximum Gasteiger partial charge on any atom is 0.303 e. The van der Waals surface area contributed by atoms with Crippen molar-refractivity contribution in [2.45, 2.75) is 26.7 Å². The Hall–Kier alpha value is -1.55. The summed E-state index contributed by atoms with van der Waals surface area (Å²) in [6.45, 7) is 6.12. The standard InChI is InChI=1S/C14H21NO3/c1-11-8-12(2)10-13(9-11)18-7-6-15-5-3-4-14(16)17/h8-10,15H,3-7H2,1-2H3,(H,16,17). The van der Waals surface area contributed by atoms with Crippen molar-refractivity contribution in [1.82, 2.24) is 5.32 Å². The zero-order chi connectivity index (χ0) is 13.4. The van der Waals surface area contributed by atoms with Gasteiger partial charge in [0.1, 0.15) is 12.4 Å². The maximum atomic E-state index is 10.3. The number of carboxylic acid groups (broad SMARTS) is 1. The van der Waals surface area contributed by atoms with Crippen LogP contribution in [0.25, 0.3) is 0 Å². The molecule has 0 aliphatic heterocycles. The van der Waals surface area contributed by atoms with Gasteiger partial charge in [0, 0.05) is 13.0 Å². The fourth-order valence-corrected chi connectivity index (χ4v) is 1.75. The normalized spacial score (nSPS) is 10.3. The molecular weight excluding hydrogens is 230 g/mol. The van der Waals surface area contributed by atoms with Crippen molar-refractivity contribution in [3.63, 3.8) is 0 Å². The number of rotatable bonds is 8. The lowest BCUT2D eigenvalue weighted by molar-refractivity contribution is -0.137. The lowest BCUT2D eigenvalue weighted by Gasteiger charge is -2.09. The molecule has 0 fully saturated rings. The lowest BCUT2D eigenvalue weighted by Crippen LogP contribution is -2.22. The molecule has 1 aromatic rings. The summed E-state index contributed by atoms with van der Waals surface area (Å²) in [6.07, 6.45) is 0.865. The molecule has 18 heavy (non-hydrogen) atoms. The zero-order valence-corrected chi connectivity index (χ0v) is 11.0. The molecule has 1 rings (SSSR count). The molecule has 1 aromatic carbocycles. The van der Waals surface area contributed by atoms with Crippen molar-refractivity contribution in [2.24, 2.45) is 0 Å². The van der Waals surface area contributed by atoms with Gasteiger partial charge in [0.15, 0.2) is 0 Å². The summed E-state index contributed by atoms with van der Waals surface area (Å²) < 4.78 is 5.62. The van der Waals surface area contributed by atoms with Crippen LogP contribution >= 0.6 is 0 Å². The lowest BCUT2D eigenvalue weighted by atomic mass is 10.1. The van der Waals surface area contributed by atoms with Crippen LogP contribution in [0.3, 0.4) is 0 Å². The van der Waals surface area contributed by atoms with Gasteiger partial charge in [-0.05, 0) is 50.1 Å². The monoisotopic (exact) mass is 251 g/mol. The summed E-state index contributed by atoms with van der Waals surface area (Å²) >= 11 is 0. The van der Waals surface area contributed by atoms with Gasteiger partial charge in [-0.2, -0.15) is 0 Å². The zero-order valence-electron chi connectivity index (χ0n) is 11.0. The van der Waals surface area contributed by atoms with Gasteiger partial charge in [0.25, 0.3) is 0 Å². The summed E-state index contributed by atoms with van der Waals surface area (Å²) in [4.78, 5) is 10.3. The van der Waals surface area contributed by atoms with Gasteiger partial charge in [0.2, 0.25) is 0 Å².